The summed E-state index contributed by atoms with van der Waals surface area (Å²) in [6.07, 6.45) is 1.39. The molecule has 0 spiro atoms. The highest BCUT2D eigenvalue weighted by atomic mass is 16.1. The van der Waals surface area contributed by atoms with Crippen LogP contribution >= 0.6 is 0 Å². The van der Waals surface area contributed by atoms with E-state index < -0.39 is 0 Å². The highest BCUT2D eigenvalue weighted by Crippen LogP contribution is 2.24. The average molecular weight is 204 g/mol. The Balaban J connectivity index is 2.98. The van der Waals surface area contributed by atoms with Crippen molar-refractivity contribution in [3.8, 4) is 0 Å². The number of aryl methyl sites for hydroxylation is 2. The third kappa shape index (κ3) is 1.20. The molecule has 2 aromatic heterocycles. The molecule has 0 saturated heterocycles. The van der Waals surface area contributed by atoms with E-state index in [1.807, 2.05) is 13.8 Å². The van der Waals surface area contributed by atoms with Gasteiger partial charge in [-0.2, -0.15) is 5.10 Å². The van der Waals surface area contributed by atoms with Crippen molar-refractivity contribution in [2.45, 2.75) is 20.8 Å². The smallest absolute Gasteiger partial charge is 0.161 e. The molecule has 5 heteroatoms. The van der Waals surface area contributed by atoms with Gasteiger partial charge in [0.15, 0.2) is 11.6 Å². The zero-order valence-electron chi connectivity index (χ0n) is 8.90. The van der Waals surface area contributed by atoms with Gasteiger partial charge in [0.1, 0.15) is 11.8 Å². The minimum atomic E-state index is 0.0231. The Morgan fingerprint density at radius 3 is 2.67 bits per heavy atom. The van der Waals surface area contributed by atoms with Crippen LogP contribution in [0.25, 0.3) is 5.52 Å². The molecule has 0 radical (unpaired) electrons. The summed E-state index contributed by atoms with van der Waals surface area (Å²) >= 11 is 0. The first-order valence-electron chi connectivity index (χ1n) is 4.63. The van der Waals surface area contributed by atoms with E-state index in [0.29, 0.717) is 11.4 Å². The van der Waals surface area contributed by atoms with Gasteiger partial charge >= 0.3 is 0 Å². The lowest BCUT2D eigenvalue weighted by molar-refractivity contribution is 0.101. The van der Waals surface area contributed by atoms with E-state index in [0.717, 1.165) is 16.8 Å². The fourth-order valence-corrected chi connectivity index (χ4v) is 1.99. The topological polar surface area (TPSA) is 73.3 Å². The molecule has 0 aliphatic heterocycles. The number of nitrogen functional groups attached to an aromatic ring is 1. The van der Waals surface area contributed by atoms with E-state index in [-0.39, 0.29) is 5.78 Å². The lowest BCUT2D eigenvalue weighted by Crippen LogP contribution is -2.00. The van der Waals surface area contributed by atoms with Crippen molar-refractivity contribution in [3.63, 3.8) is 0 Å². The maximum Gasteiger partial charge on any atom is 0.161 e. The maximum absolute atomic E-state index is 11.5. The quantitative estimate of drug-likeness (QED) is 0.707. The van der Waals surface area contributed by atoms with Crippen molar-refractivity contribution < 1.29 is 4.79 Å². The highest BCUT2D eigenvalue weighted by Gasteiger charge is 2.18. The molecule has 0 aromatic carbocycles. The molecule has 0 aliphatic rings. The Kier molecular flexibility index (Phi) is 1.96. The van der Waals surface area contributed by atoms with Crippen molar-refractivity contribution in [1.82, 2.24) is 14.6 Å². The number of anilines is 1. The molecule has 2 aromatic rings. The van der Waals surface area contributed by atoms with Crippen molar-refractivity contribution in [2.24, 2.45) is 0 Å². The monoisotopic (exact) mass is 204 g/mol. The standard InChI is InChI=1S/C10H12N4O/c1-5-8(7(3)15)6(2)14-9(5)10(11)12-4-13-14/h4H,1-3H3,(H2,11,12,13). The van der Waals surface area contributed by atoms with Gasteiger partial charge in [-0.1, -0.05) is 0 Å². The van der Waals surface area contributed by atoms with Gasteiger partial charge in [0, 0.05) is 5.56 Å². The number of aromatic nitrogens is 3. The first kappa shape index (κ1) is 9.64. The third-order valence-electron chi connectivity index (χ3n) is 2.58. The number of carbonyl (C=O) groups excluding carboxylic acids is 1. The minimum Gasteiger partial charge on any atom is -0.382 e. The second-order valence-corrected chi connectivity index (χ2v) is 3.55. The molecule has 2 rings (SSSR count). The van der Waals surface area contributed by atoms with Gasteiger partial charge < -0.3 is 5.73 Å². The molecule has 0 unspecified atom stereocenters. The predicted molar refractivity (Wildman–Crippen MR) is 56.9 cm³/mol. The van der Waals surface area contributed by atoms with Crippen LogP contribution in [0.3, 0.4) is 0 Å². The van der Waals surface area contributed by atoms with Gasteiger partial charge in [0.25, 0.3) is 0 Å². The summed E-state index contributed by atoms with van der Waals surface area (Å²) < 4.78 is 1.66. The number of hydrogen-bond donors (Lipinski definition) is 1. The van der Waals surface area contributed by atoms with Crippen LogP contribution in [-0.4, -0.2) is 20.4 Å². The maximum atomic E-state index is 11.5. The molecule has 0 aliphatic carbocycles. The number of nitrogens with zero attached hydrogens (tertiary/aromatic N) is 3. The number of carbonyl (C=O) groups is 1. The summed E-state index contributed by atoms with van der Waals surface area (Å²) in [4.78, 5) is 15.4. The molecule has 0 atom stereocenters. The van der Waals surface area contributed by atoms with Crippen LogP contribution in [0.4, 0.5) is 5.82 Å². The van der Waals surface area contributed by atoms with E-state index in [4.69, 9.17) is 5.73 Å². The van der Waals surface area contributed by atoms with Crippen molar-refractivity contribution in [1.29, 1.82) is 0 Å². The van der Waals surface area contributed by atoms with Gasteiger partial charge in [-0.25, -0.2) is 9.50 Å². The lowest BCUT2D eigenvalue weighted by Gasteiger charge is -1.98. The first-order chi connectivity index (χ1) is 7.04. The summed E-state index contributed by atoms with van der Waals surface area (Å²) in [5.41, 5.74) is 8.82. The normalized spacial score (nSPS) is 10.9. The van der Waals surface area contributed by atoms with E-state index in [1.165, 1.54) is 6.33 Å². The Hall–Kier alpha value is -1.91. The molecule has 2 N–H and O–H groups in total. The van der Waals surface area contributed by atoms with Crippen LogP contribution in [-0.2, 0) is 0 Å². The summed E-state index contributed by atoms with van der Waals surface area (Å²) in [7, 11) is 0. The Bertz CT molecular complexity index is 556. The van der Waals surface area contributed by atoms with E-state index in [2.05, 4.69) is 10.1 Å². The Morgan fingerprint density at radius 2 is 2.13 bits per heavy atom. The van der Waals surface area contributed by atoms with Gasteiger partial charge in [0.2, 0.25) is 0 Å². The Morgan fingerprint density at radius 1 is 1.47 bits per heavy atom. The number of ketones is 1. The van der Waals surface area contributed by atoms with Gasteiger partial charge in [-0.05, 0) is 26.3 Å². The van der Waals surface area contributed by atoms with Crippen molar-refractivity contribution in [3.05, 3.63) is 23.1 Å². The van der Waals surface area contributed by atoms with Gasteiger partial charge in [0.05, 0.1) is 5.69 Å². The molecule has 0 saturated carbocycles. The van der Waals surface area contributed by atoms with Crippen LogP contribution in [0.1, 0.15) is 28.5 Å². The zero-order chi connectivity index (χ0) is 11.2. The fourth-order valence-electron chi connectivity index (χ4n) is 1.99. The molecule has 0 amide bonds. The first-order valence-corrected chi connectivity index (χ1v) is 4.63. The van der Waals surface area contributed by atoms with Crippen molar-refractivity contribution in [2.75, 3.05) is 5.73 Å². The number of Topliss-reactive ketones (excluding diaryl/α,β-unsaturated/α-hetero) is 1. The summed E-state index contributed by atoms with van der Waals surface area (Å²) in [5, 5.41) is 4.08. The molecule has 2 heterocycles. The van der Waals surface area contributed by atoms with Gasteiger partial charge in [-0.15, -0.1) is 0 Å². The largest absolute Gasteiger partial charge is 0.382 e. The molecule has 78 valence electrons. The van der Waals surface area contributed by atoms with E-state index in [1.54, 1.807) is 11.4 Å². The van der Waals surface area contributed by atoms with Crippen molar-refractivity contribution >= 4 is 17.1 Å². The molecular weight excluding hydrogens is 192 g/mol. The SMILES string of the molecule is CC(=O)c1c(C)c2c(N)ncnn2c1C. The average Bonchev–Trinajstić information content (AvgIpc) is 2.40. The second-order valence-electron chi connectivity index (χ2n) is 3.55. The van der Waals surface area contributed by atoms with Crippen LogP contribution in [0.2, 0.25) is 0 Å². The van der Waals surface area contributed by atoms with Crippen LogP contribution in [0, 0.1) is 13.8 Å². The summed E-state index contributed by atoms with van der Waals surface area (Å²) in [6, 6.07) is 0. The Labute approximate surface area is 86.9 Å². The van der Waals surface area contributed by atoms with Crippen LogP contribution in [0.15, 0.2) is 6.33 Å². The van der Waals surface area contributed by atoms with Crippen LogP contribution in [0.5, 0.6) is 0 Å². The van der Waals surface area contributed by atoms with Crippen LogP contribution < -0.4 is 5.73 Å². The van der Waals surface area contributed by atoms with Gasteiger partial charge in [-0.3, -0.25) is 4.79 Å². The molecule has 5 nitrogen and oxygen atoms in total. The molecule has 15 heavy (non-hydrogen) atoms. The molecular formula is C10H12N4O. The lowest BCUT2D eigenvalue weighted by atomic mass is 10.1. The minimum absolute atomic E-state index is 0.0231. The highest BCUT2D eigenvalue weighted by molar-refractivity contribution is 6.00. The molecule has 0 bridgehead atoms. The van der Waals surface area contributed by atoms with E-state index in [9.17, 15) is 4.79 Å². The predicted octanol–water partition coefficient (Wildman–Crippen LogP) is 1.13. The zero-order valence-corrected chi connectivity index (χ0v) is 8.90. The summed E-state index contributed by atoms with van der Waals surface area (Å²) in [5.74, 6) is 0.424. The fraction of sp³-hybridized carbons (Fsp3) is 0.300. The number of rotatable bonds is 1. The van der Waals surface area contributed by atoms with E-state index >= 15 is 0 Å². The number of hydrogen-bond acceptors (Lipinski definition) is 4. The third-order valence-corrected chi connectivity index (χ3v) is 2.58. The second kappa shape index (κ2) is 3.05. The number of nitrogens with two attached hydrogens (primary N) is 1. The number of fused-ring (bicyclic) bond motifs is 1. The summed E-state index contributed by atoms with van der Waals surface area (Å²) in [6.45, 7) is 5.25. The molecule has 0 fully saturated rings.